The smallest absolute Gasteiger partial charge is 0.316 e. The Morgan fingerprint density at radius 2 is 1.89 bits per heavy atom. The highest BCUT2D eigenvalue weighted by atomic mass is 16.5. The molecule has 2 atom stereocenters. The lowest BCUT2D eigenvalue weighted by molar-refractivity contribution is -0.161. The van der Waals surface area contributed by atoms with Crippen LogP contribution in [0.15, 0.2) is 0 Å². The second-order valence-electron chi connectivity index (χ2n) is 5.64. The largest absolute Gasteiger partial charge is 0.468 e. The van der Waals surface area contributed by atoms with E-state index in [2.05, 4.69) is 4.74 Å². The predicted octanol–water partition coefficient (Wildman–Crippen LogP) is 1.33. The van der Waals surface area contributed by atoms with Gasteiger partial charge in [0.15, 0.2) is 17.3 Å². The topological polar surface area (TPSA) is 77.5 Å². The molecule has 0 aliphatic heterocycles. The Labute approximate surface area is 112 Å². The van der Waals surface area contributed by atoms with Gasteiger partial charge in [-0.2, -0.15) is 0 Å². The van der Waals surface area contributed by atoms with Gasteiger partial charge in [-0.05, 0) is 11.8 Å². The Morgan fingerprint density at radius 1 is 1.32 bits per heavy atom. The summed E-state index contributed by atoms with van der Waals surface area (Å²) in [6.07, 6.45) is 0.789. The quantitative estimate of drug-likeness (QED) is 0.568. The van der Waals surface area contributed by atoms with Crippen LogP contribution in [-0.4, -0.2) is 30.4 Å². The molecule has 0 N–H and O–H groups in total. The van der Waals surface area contributed by atoms with E-state index in [1.807, 2.05) is 0 Å². The van der Waals surface area contributed by atoms with Crippen molar-refractivity contribution in [2.45, 2.75) is 40.0 Å². The number of hydrogen-bond acceptors (Lipinski definition) is 5. The molecule has 0 amide bonds. The van der Waals surface area contributed by atoms with Crippen LogP contribution in [0.25, 0.3) is 0 Å². The molecule has 1 saturated carbocycles. The zero-order chi connectivity index (χ0) is 14.8. The Balaban J connectivity index is 3.12. The Morgan fingerprint density at radius 3 is 2.37 bits per heavy atom. The van der Waals surface area contributed by atoms with E-state index in [4.69, 9.17) is 0 Å². The number of carbonyl (C=O) groups is 4. The van der Waals surface area contributed by atoms with Gasteiger partial charge in [0.1, 0.15) is 11.8 Å². The minimum Gasteiger partial charge on any atom is -0.468 e. The summed E-state index contributed by atoms with van der Waals surface area (Å²) in [4.78, 5) is 48.0. The molecule has 0 unspecified atom stereocenters. The molecule has 1 rings (SSSR count). The molecule has 0 saturated heterocycles. The van der Waals surface area contributed by atoms with E-state index in [-0.39, 0.29) is 24.4 Å². The number of Topliss-reactive ketones (excluding diaryl/α,β-unsaturated/α-hetero) is 3. The summed E-state index contributed by atoms with van der Waals surface area (Å²) in [6.45, 7) is 5.15. The molecule has 106 valence electrons. The first-order valence-electron chi connectivity index (χ1n) is 6.43. The molecule has 0 aromatic rings. The van der Waals surface area contributed by atoms with E-state index in [0.717, 1.165) is 0 Å². The second-order valence-corrected chi connectivity index (χ2v) is 5.64. The van der Waals surface area contributed by atoms with Crippen LogP contribution < -0.4 is 0 Å². The molecule has 1 fully saturated rings. The Bertz CT molecular complexity index is 422. The maximum Gasteiger partial charge on any atom is 0.316 e. The number of hydrogen-bond donors (Lipinski definition) is 0. The number of carbonyl (C=O) groups excluding carboxylic acids is 4. The number of ether oxygens (including phenoxy) is 1. The highest BCUT2D eigenvalue weighted by molar-refractivity contribution is 6.25. The van der Waals surface area contributed by atoms with Crippen LogP contribution in [0.2, 0.25) is 0 Å². The third-order valence-corrected chi connectivity index (χ3v) is 3.56. The zero-order valence-corrected chi connectivity index (χ0v) is 11.8. The van der Waals surface area contributed by atoms with Crippen LogP contribution in [0.3, 0.4) is 0 Å². The molecule has 1 aliphatic carbocycles. The highest BCUT2D eigenvalue weighted by Crippen LogP contribution is 2.40. The van der Waals surface area contributed by atoms with Crippen molar-refractivity contribution < 1.29 is 23.9 Å². The fourth-order valence-electron chi connectivity index (χ4n) is 2.65. The molecule has 1 aliphatic rings. The van der Waals surface area contributed by atoms with E-state index in [9.17, 15) is 19.2 Å². The van der Waals surface area contributed by atoms with E-state index in [1.54, 1.807) is 20.8 Å². The molecule has 5 nitrogen and oxygen atoms in total. The first-order valence-corrected chi connectivity index (χ1v) is 6.43. The van der Waals surface area contributed by atoms with Crippen LogP contribution in [0.1, 0.15) is 40.0 Å². The lowest BCUT2D eigenvalue weighted by Gasteiger charge is -2.37. The summed E-state index contributed by atoms with van der Waals surface area (Å²) in [7, 11) is 1.20. The molecule has 0 heterocycles. The molecule has 19 heavy (non-hydrogen) atoms. The van der Waals surface area contributed by atoms with E-state index >= 15 is 0 Å². The minimum atomic E-state index is -1.28. The summed E-state index contributed by atoms with van der Waals surface area (Å²) in [5.41, 5.74) is -0.801. The lowest BCUT2D eigenvalue weighted by Crippen LogP contribution is -2.51. The first-order chi connectivity index (χ1) is 8.76. The molecule has 0 aromatic carbocycles. The summed E-state index contributed by atoms with van der Waals surface area (Å²) in [6, 6.07) is 0. The number of methoxy groups -OCH3 is 1. The van der Waals surface area contributed by atoms with E-state index in [0.29, 0.717) is 6.42 Å². The van der Waals surface area contributed by atoms with Crippen molar-refractivity contribution in [3.05, 3.63) is 0 Å². The van der Waals surface area contributed by atoms with Crippen molar-refractivity contribution in [2.24, 2.45) is 17.3 Å². The van der Waals surface area contributed by atoms with Gasteiger partial charge in [0, 0.05) is 12.8 Å². The van der Waals surface area contributed by atoms with Crippen LogP contribution in [0.5, 0.6) is 0 Å². The van der Waals surface area contributed by atoms with Gasteiger partial charge in [0.05, 0.1) is 7.11 Å². The summed E-state index contributed by atoms with van der Waals surface area (Å²) in [5.74, 6) is -4.36. The molecular formula is C14H20O5. The minimum absolute atomic E-state index is 0.0403. The standard InChI is InChI=1S/C14H20O5/c1-5-6-8(15)10-9(16)7-14(2,3)11(12(10)17)13(18)19-4/h10-11H,5-7H2,1-4H3/t10-,11-/m0/s1. The van der Waals surface area contributed by atoms with Crippen molar-refractivity contribution in [1.82, 2.24) is 0 Å². The van der Waals surface area contributed by atoms with Crippen molar-refractivity contribution in [1.29, 1.82) is 0 Å². The van der Waals surface area contributed by atoms with Crippen molar-refractivity contribution in [2.75, 3.05) is 7.11 Å². The Hall–Kier alpha value is -1.52. The summed E-state index contributed by atoms with van der Waals surface area (Å²) >= 11 is 0. The monoisotopic (exact) mass is 268 g/mol. The molecule has 0 spiro atoms. The number of ketones is 3. The van der Waals surface area contributed by atoms with Crippen molar-refractivity contribution in [3.8, 4) is 0 Å². The van der Waals surface area contributed by atoms with Crippen LogP contribution >= 0.6 is 0 Å². The summed E-state index contributed by atoms with van der Waals surface area (Å²) < 4.78 is 4.64. The van der Waals surface area contributed by atoms with Gasteiger partial charge < -0.3 is 4.74 Å². The van der Waals surface area contributed by atoms with Crippen molar-refractivity contribution in [3.63, 3.8) is 0 Å². The van der Waals surface area contributed by atoms with Crippen molar-refractivity contribution >= 4 is 23.3 Å². The fraction of sp³-hybridized carbons (Fsp3) is 0.714. The third-order valence-electron chi connectivity index (χ3n) is 3.56. The third kappa shape index (κ3) is 2.91. The van der Waals surface area contributed by atoms with E-state index < -0.39 is 29.0 Å². The van der Waals surface area contributed by atoms with Gasteiger partial charge in [-0.15, -0.1) is 0 Å². The summed E-state index contributed by atoms with van der Waals surface area (Å²) in [5, 5.41) is 0. The number of rotatable bonds is 4. The first kappa shape index (κ1) is 15.5. The predicted molar refractivity (Wildman–Crippen MR) is 67.3 cm³/mol. The Kier molecular flexibility index (Phi) is 4.61. The second kappa shape index (κ2) is 5.63. The van der Waals surface area contributed by atoms with Gasteiger partial charge in [0.25, 0.3) is 0 Å². The molecule has 5 heteroatoms. The molecule has 0 aromatic heterocycles. The average Bonchev–Trinajstić information content (AvgIpc) is 2.26. The zero-order valence-electron chi connectivity index (χ0n) is 11.8. The normalized spacial score (nSPS) is 26.1. The molecule has 0 bridgehead atoms. The van der Waals surface area contributed by atoms with Crippen LogP contribution in [-0.2, 0) is 23.9 Å². The highest BCUT2D eigenvalue weighted by Gasteiger charge is 2.53. The molecular weight excluding hydrogens is 248 g/mol. The number of esters is 1. The van der Waals surface area contributed by atoms with Gasteiger partial charge in [-0.25, -0.2) is 0 Å². The van der Waals surface area contributed by atoms with Gasteiger partial charge in [-0.3, -0.25) is 19.2 Å². The van der Waals surface area contributed by atoms with Crippen LogP contribution in [0.4, 0.5) is 0 Å². The van der Waals surface area contributed by atoms with Gasteiger partial charge in [-0.1, -0.05) is 20.8 Å². The van der Waals surface area contributed by atoms with Gasteiger partial charge >= 0.3 is 5.97 Å². The van der Waals surface area contributed by atoms with Gasteiger partial charge in [0.2, 0.25) is 0 Å². The SMILES string of the molecule is CCCC(=O)[C@H]1C(=O)CC(C)(C)[C@H](C(=O)OC)C1=O. The molecule has 0 radical (unpaired) electrons. The average molecular weight is 268 g/mol. The fourth-order valence-corrected chi connectivity index (χ4v) is 2.65. The maximum absolute atomic E-state index is 12.3. The lowest BCUT2D eigenvalue weighted by atomic mass is 9.63. The maximum atomic E-state index is 12.3. The van der Waals surface area contributed by atoms with Crippen LogP contribution in [0, 0.1) is 17.3 Å². The van der Waals surface area contributed by atoms with E-state index in [1.165, 1.54) is 7.11 Å².